The molecule has 0 aliphatic carbocycles. The van der Waals surface area contributed by atoms with Gasteiger partial charge in [-0.15, -0.1) is 0 Å². The van der Waals surface area contributed by atoms with Crippen molar-refractivity contribution in [1.82, 2.24) is 10.2 Å². The van der Waals surface area contributed by atoms with E-state index in [1.54, 1.807) is 12.1 Å². The van der Waals surface area contributed by atoms with Crippen molar-refractivity contribution < 1.29 is 9.18 Å². The third kappa shape index (κ3) is 3.41. The molecule has 0 radical (unpaired) electrons. The van der Waals surface area contributed by atoms with Crippen LogP contribution < -0.4 is 5.32 Å². The van der Waals surface area contributed by atoms with Crippen LogP contribution in [0.1, 0.15) is 35.8 Å². The second-order valence-electron chi connectivity index (χ2n) is 4.48. The minimum atomic E-state index is -0.468. The molecule has 2 rings (SSSR count). The van der Waals surface area contributed by atoms with E-state index in [4.69, 9.17) is 0 Å². The highest BCUT2D eigenvalue weighted by Gasteiger charge is 2.11. The summed E-state index contributed by atoms with van der Waals surface area (Å²) >= 11 is 3.15. The van der Waals surface area contributed by atoms with Crippen molar-refractivity contribution in [2.24, 2.45) is 0 Å². The first-order chi connectivity index (χ1) is 8.95. The highest BCUT2D eigenvalue weighted by molar-refractivity contribution is 9.10. The molecule has 0 saturated heterocycles. The van der Waals surface area contributed by atoms with Gasteiger partial charge in [-0.2, -0.15) is 5.10 Å². The molecule has 2 N–H and O–H groups in total. The van der Waals surface area contributed by atoms with Crippen LogP contribution in [-0.4, -0.2) is 16.1 Å². The summed E-state index contributed by atoms with van der Waals surface area (Å²) in [5.74, 6) is -0.151. The Balaban J connectivity index is 2.15. The van der Waals surface area contributed by atoms with Gasteiger partial charge in [-0.25, -0.2) is 4.39 Å². The number of carbonyl (C=O) groups is 1. The number of nitrogens with zero attached hydrogens (tertiary/aromatic N) is 1. The van der Waals surface area contributed by atoms with Crippen molar-refractivity contribution in [2.75, 3.05) is 5.32 Å². The summed E-state index contributed by atoms with van der Waals surface area (Å²) in [7, 11) is 0. The average molecular weight is 326 g/mol. The van der Waals surface area contributed by atoms with E-state index >= 15 is 0 Å². The van der Waals surface area contributed by atoms with Gasteiger partial charge in [-0.1, -0.05) is 29.8 Å². The molecule has 0 fully saturated rings. The molecule has 4 nitrogen and oxygen atoms in total. The molecular formula is C13H13BrFN3O. The second-order valence-corrected chi connectivity index (χ2v) is 5.39. The number of amides is 1. The van der Waals surface area contributed by atoms with Crippen molar-refractivity contribution in [3.63, 3.8) is 0 Å². The number of aromatic nitrogens is 2. The van der Waals surface area contributed by atoms with Crippen LogP contribution in [0.3, 0.4) is 0 Å². The van der Waals surface area contributed by atoms with Gasteiger partial charge in [-0.3, -0.25) is 9.89 Å². The standard InChI is InChI=1S/C13H13BrFN3O/c1-7(2)11-6-12(18-17-11)16-13(19)8-3-9(14)5-10(15)4-8/h3-7H,1-2H3,(H2,16,17,18,19). The number of aromatic amines is 1. The maximum atomic E-state index is 13.2. The molecule has 0 atom stereocenters. The second kappa shape index (κ2) is 5.52. The third-order valence-corrected chi connectivity index (χ3v) is 3.04. The van der Waals surface area contributed by atoms with Crippen LogP contribution in [0.2, 0.25) is 0 Å². The fraction of sp³-hybridized carbons (Fsp3) is 0.231. The Kier molecular flexibility index (Phi) is 3.99. The van der Waals surface area contributed by atoms with E-state index in [0.717, 1.165) is 5.69 Å². The summed E-state index contributed by atoms with van der Waals surface area (Å²) in [5.41, 5.74) is 1.16. The predicted octanol–water partition coefficient (Wildman–Crippen LogP) is 3.69. The molecule has 1 amide bonds. The van der Waals surface area contributed by atoms with Gasteiger partial charge in [0.1, 0.15) is 5.82 Å². The summed E-state index contributed by atoms with van der Waals surface area (Å²) in [5, 5.41) is 9.44. The number of nitrogens with one attached hydrogen (secondary N) is 2. The molecule has 1 aromatic carbocycles. The number of benzene rings is 1. The van der Waals surface area contributed by atoms with Crippen LogP contribution in [0, 0.1) is 5.82 Å². The Morgan fingerprint density at radius 3 is 2.68 bits per heavy atom. The molecule has 0 unspecified atom stereocenters. The van der Waals surface area contributed by atoms with Crippen molar-refractivity contribution in [3.8, 4) is 0 Å². The average Bonchev–Trinajstić information content (AvgIpc) is 2.76. The minimum absolute atomic E-state index is 0.237. The van der Waals surface area contributed by atoms with Gasteiger partial charge in [0.05, 0.1) is 0 Å². The molecule has 100 valence electrons. The molecule has 1 heterocycles. The predicted molar refractivity (Wildman–Crippen MR) is 74.7 cm³/mol. The largest absolute Gasteiger partial charge is 0.305 e. The summed E-state index contributed by atoms with van der Waals surface area (Å²) in [6.45, 7) is 4.03. The van der Waals surface area contributed by atoms with Crippen LogP contribution in [0.4, 0.5) is 10.2 Å². The molecule has 6 heteroatoms. The Morgan fingerprint density at radius 2 is 2.11 bits per heavy atom. The van der Waals surface area contributed by atoms with Gasteiger partial charge in [0, 0.05) is 21.8 Å². The smallest absolute Gasteiger partial charge is 0.257 e. The van der Waals surface area contributed by atoms with Crippen molar-refractivity contribution in [2.45, 2.75) is 19.8 Å². The summed E-state index contributed by atoms with van der Waals surface area (Å²) in [6.07, 6.45) is 0. The molecule has 0 saturated carbocycles. The molecule has 0 aliphatic rings. The highest BCUT2D eigenvalue weighted by Crippen LogP contribution is 2.18. The summed E-state index contributed by atoms with van der Waals surface area (Å²) in [4.78, 5) is 11.9. The van der Waals surface area contributed by atoms with Crippen LogP contribution in [-0.2, 0) is 0 Å². The van der Waals surface area contributed by atoms with E-state index in [1.165, 1.54) is 12.1 Å². The van der Waals surface area contributed by atoms with Crippen molar-refractivity contribution in [3.05, 3.63) is 45.8 Å². The van der Waals surface area contributed by atoms with E-state index in [0.29, 0.717) is 16.2 Å². The minimum Gasteiger partial charge on any atom is -0.305 e. The quantitative estimate of drug-likeness (QED) is 0.904. The van der Waals surface area contributed by atoms with Crippen molar-refractivity contribution >= 4 is 27.7 Å². The van der Waals surface area contributed by atoms with Crippen LogP contribution >= 0.6 is 15.9 Å². The lowest BCUT2D eigenvalue weighted by Gasteiger charge is -2.03. The Morgan fingerprint density at radius 1 is 1.37 bits per heavy atom. The van der Waals surface area contributed by atoms with Crippen LogP contribution in [0.25, 0.3) is 0 Å². The van der Waals surface area contributed by atoms with E-state index in [1.807, 2.05) is 13.8 Å². The maximum absolute atomic E-state index is 13.2. The lowest BCUT2D eigenvalue weighted by Crippen LogP contribution is -2.12. The van der Waals surface area contributed by atoms with Gasteiger partial charge in [0.2, 0.25) is 0 Å². The SMILES string of the molecule is CC(C)c1cc(NC(=O)c2cc(F)cc(Br)c2)n[nH]1. The van der Waals surface area contributed by atoms with E-state index < -0.39 is 11.7 Å². The van der Waals surface area contributed by atoms with Gasteiger partial charge in [-0.05, 0) is 24.1 Å². The lowest BCUT2D eigenvalue weighted by atomic mass is 10.1. The zero-order chi connectivity index (χ0) is 14.0. The number of H-pyrrole nitrogens is 1. The first-order valence-electron chi connectivity index (χ1n) is 5.78. The lowest BCUT2D eigenvalue weighted by molar-refractivity contribution is 0.102. The number of carbonyl (C=O) groups excluding carboxylic acids is 1. The number of anilines is 1. The Labute approximate surface area is 118 Å². The van der Waals surface area contributed by atoms with Crippen LogP contribution in [0.5, 0.6) is 0 Å². The zero-order valence-corrected chi connectivity index (χ0v) is 12.1. The summed E-state index contributed by atoms with van der Waals surface area (Å²) < 4.78 is 13.7. The molecule has 2 aromatic rings. The molecular weight excluding hydrogens is 313 g/mol. The molecule has 0 bridgehead atoms. The van der Waals surface area contributed by atoms with Crippen LogP contribution in [0.15, 0.2) is 28.7 Å². The van der Waals surface area contributed by atoms with Gasteiger partial charge < -0.3 is 5.32 Å². The first kappa shape index (κ1) is 13.7. The van der Waals surface area contributed by atoms with E-state index in [-0.39, 0.29) is 5.56 Å². The van der Waals surface area contributed by atoms with Gasteiger partial charge >= 0.3 is 0 Å². The van der Waals surface area contributed by atoms with E-state index in [9.17, 15) is 9.18 Å². The zero-order valence-electron chi connectivity index (χ0n) is 10.5. The van der Waals surface area contributed by atoms with Gasteiger partial charge in [0.25, 0.3) is 5.91 Å². The van der Waals surface area contributed by atoms with Crippen molar-refractivity contribution in [1.29, 1.82) is 0 Å². The fourth-order valence-electron chi connectivity index (χ4n) is 1.57. The number of rotatable bonds is 3. The molecule has 1 aromatic heterocycles. The van der Waals surface area contributed by atoms with Gasteiger partial charge in [0.15, 0.2) is 5.82 Å². The third-order valence-electron chi connectivity index (χ3n) is 2.59. The fourth-order valence-corrected chi connectivity index (χ4v) is 2.04. The topological polar surface area (TPSA) is 57.8 Å². The normalized spacial score (nSPS) is 10.8. The number of halogens is 2. The molecule has 0 aliphatic heterocycles. The molecule has 0 spiro atoms. The Hall–Kier alpha value is -1.69. The Bertz CT molecular complexity index is 589. The molecule has 19 heavy (non-hydrogen) atoms. The monoisotopic (exact) mass is 325 g/mol. The number of hydrogen-bond acceptors (Lipinski definition) is 2. The van der Waals surface area contributed by atoms with E-state index in [2.05, 4.69) is 31.4 Å². The first-order valence-corrected chi connectivity index (χ1v) is 6.58. The summed E-state index contributed by atoms with van der Waals surface area (Å²) in [6, 6.07) is 5.78. The highest BCUT2D eigenvalue weighted by atomic mass is 79.9. The number of hydrogen-bond donors (Lipinski definition) is 2. The maximum Gasteiger partial charge on any atom is 0.257 e.